The molecule has 1 aromatic rings. The Hall–Kier alpha value is -2.04. The molecule has 0 spiro atoms. The molecule has 0 aliphatic carbocycles. The first kappa shape index (κ1) is 19.3. The number of hydrogen-bond donors (Lipinski definition) is 0. The second-order valence-corrected chi connectivity index (χ2v) is 6.93. The van der Waals surface area contributed by atoms with Gasteiger partial charge in [-0.15, -0.1) is 0 Å². The summed E-state index contributed by atoms with van der Waals surface area (Å²) in [6.45, 7) is 2.92. The molecule has 3 aliphatic heterocycles. The highest BCUT2D eigenvalue weighted by molar-refractivity contribution is 5.77. The summed E-state index contributed by atoms with van der Waals surface area (Å²) in [6.07, 6.45) is -4.50. The van der Waals surface area contributed by atoms with Crippen LogP contribution >= 0.6 is 0 Å². The van der Waals surface area contributed by atoms with Gasteiger partial charge < -0.3 is 33.2 Å². The molecule has 0 bridgehead atoms. The molecule has 0 amide bonds. The standard InChI is InChI=1S/C19H22O9/c1-10(20)24-14-13-12(9-23-16(26-13)11-7-5-4-6-8-11)25-17-15(14)27-19(2,28-17)18(21)22-3/h4-8,12-17H,9H2,1-3H3/t12?,13-,14-,15?,16?,17-,19-/m0/s1. The van der Waals surface area contributed by atoms with Gasteiger partial charge in [0.25, 0.3) is 5.79 Å². The van der Waals surface area contributed by atoms with Gasteiger partial charge in [0.2, 0.25) is 0 Å². The third-order valence-electron chi connectivity index (χ3n) is 4.92. The van der Waals surface area contributed by atoms with E-state index in [9.17, 15) is 9.59 Å². The lowest BCUT2D eigenvalue weighted by Gasteiger charge is -2.45. The lowest BCUT2D eigenvalue weighted by molar-refractivity contribution is -0.339. The number of benzene rings is 1. The summed E-state index contributed by atoms with van der Waals surface area (Å²) < 4.78 is 39.5. The SMILES string of the molecule is COC(=O)[C@@]1(C)OC2[C@@H](OC3COC(c4ccccc4)O[C@@H]3[C@@H]2OC(C)=O)O1. The normalized spacial score (nSPS) is 39.5. The molecule has 0 saturated carbocycles. The molecule has 9 heteroatoms. The number of methoxy groups -OCH3 is 1. The van der Waals surface area contributed by atoms with Gasteiger partial charge in [-0.05, 0) is 0 Å². The maximum Gasteiger partial charge on any atom is 0.366 e. The van der Waals surface area contributed by atoms with Crippen LogP contribution in [0, 0.1) is 0 Å². The molecule has 7 atom stereocenters. The largest absolute Gasteiger partial charge is 0.465 e. The van der Waals surface area contributed by atoms with Crippen molar-refractivity contribution in [3.8, 4) is 0 Å². The molecular formula is C19H22O9. The number of fused-ring (bicyclic) bond motifs is 2. The lowest BCUT2D eigenvalue weighted by Crippen LogP contribution is -2.62. The Bertz CT molecular complexity index is 738. The molecule has 0 radical (unpaired) electrons. The predicted molar refractivity (Wildman–Crippen MR) is 90.6 cm³/mol. The third kappa shape index (κ3) is 3.40. The Morgan fingerprint density at radius 2 is 1.86 bits per heavy atom. The fourth-order valence-electron chi connectivity index (χ4n) is 3.66. The van der Waals surface area contributed by atoms with E-state index in [1.807, 2.05) is 30.3 Å². The molecule has 3 aliphatic rings. The highest BCUT2D eigenvalue weighted by atomic mass is 16.9. The maximum absolute atomic E-state index is 12.1. The zero-order valence-corrected chi connectivity index (χ0v) is 15.7. The molecule has 3 fully saturated rings. The van der Waals surface area contributed by atoms with E-state index in [0.29, 0.717) is 0 Å². The first-order valence-corrected chi connectivity index (χ1v) is 9.00. The van der Waals surface area contributed by atoms with Crippen LogP contribution in [0.2, 0.25) is 0 Å². The van der Waals surface area contributed by atoms with Crippen LogP contribution in [-0.2, 0) is 42.7 Å². The fraction of sp³-hybridized carbons (Fsp3) is 0.579. The average molecular weight is 394 g/mol. The number of carbonyl (C=O) groups excluding carboxylic acids is 2. The molecule has 0 N–H and O–H groups in total. The van der Waals surface area contributed by atoms with Crippen molar-refractivity contribution in [3.05, 3.63) is 35.9 Å². The molecule has 152 valence electrons. The van der Waals surface area contributed by atoms with Gasteiger partial charge >= 0.3 is 11.9 Å². The van der Waals surface area contributed by atoms with Crippen molar-refractivity contribution in [2.75, 3.05) is 13.7 Å². The Morgan fingerprint density at radius 3 is 2.54 bits per heavy atom. The topological polar surface area (TPSA) is 98.8 Å². The van der Waals surface area contributed by atoms with Crippen LogP contribution in [0.5, 0.6) is 0 Å². The van der Waals surface area contributed by atoms with Crippen LogP contribution in [0.25, 0.3) is 0 Å². The highest BCUT2D eigenvalue weighted by Gasteiger charge is 2.61. The predicted octanol–water partition coefficient (Wildman–Crippen LogP) is 1.06. The van der Waals surface area contributed by atoms with Gasteiger partial charge in [0, 0.05) is 19.4 Å². The van der Waals surface area contributed by atoms with Crippen molar-refractivity contribution < 1.29 is 42.7 Å². The molecular weight excluding hydrogens is 372 g/mol. The zero-order valence-electron chi connectivity index (χ0n) is 15.7. The van der Waals surface area contributed by atoms with Gasteiger partial charge in [-0.3, -0.25) is 4.79 Å². The van der Waals surface area contributed by atoms with Crippen molar-refractivity contribution in [1.82, 2.24) is 0 Å². The second kappa shape index (κ2) is 7.41. The summed E-state index contributed by atoms with van der Waals surface area (Å²) in [5.74, 6) is -2.89. The van der Waals surface area contributed by atoms with E-state index in [1.54, 1.807) is 0 Å². The highest BCUT2D eigenvalue weighted by Crippen LogP contribution is 2.42. The first-order chi connectivity index (χ1) is 13.4. The van der Waals surface area contributed by atoms with Crippen LogP contribution in [0.3, 0.4) is 0 Å². The molecule has 3 unspecified atom stereocenters. The van der Waals surface area contributed by atoms with Crippen molar-refractivity contribution in [3.63, 3.8) is 0 Å². The van der Waals surface area contributed by atoms with Crippen LogP contribution in [-0.4, -0.2) is 62.1 Å². The summed E-state index contributed by atoms with van der Waals surface area (Å²) in [4.78, 5) is 23.8. The molecule has 4 rings (SSSR count). The average Bonchev–Trinajstić information content (AvgIpc) is 3.04. The number of rotatable bonds is 3. The van der Waals surface area contributed by atoms with Gasteiger partial charge in [-0.2, -0.15) is 0 Å². The number of esters is 2. The molecule has 9 nitrogen and oxygen atoms in total. The molecule has 3 saturated heterocycles. The Labute approximate surface area is 161 Å². The van der Waals surface area contributed by atoms with E-state index in [0.717, 1.165) is 5.56 Å². The monoisotopic (exact) mass is 394 g/mol. The minimum Gasteiger partial charge on any atom is -0.465 e. The van der Waals surface area contributed by atoms with Crippen molar-refractivity contribution in [2.24, 2.45) is 0 Å². The molecule has 1 aromatic carbocycles. The smallest absolute Gasteiger partial charge is 0.366 e. The molecule has 28 heavy (non-hydrogen) atoms. The maximum atomic E-state index is 12.1. The minimum absolute atomic E-state index is 0.198. The second-order valence-electron chi connectivity index (χ2n) is 6.93. The van der Waals surface area contributed by atoms with Crippen LogP contribution in [0.1, 0.15) is 25.7 Å². The number of hydrogen-bond acceptors (Lipinski definition) is 9. The van der Waals surface area contributed by atoms with Gasteiger partial charge in [0.1, 0.15) is 12.2 Å². The van der Waals surface area contributed by atoms with Crippen molar-refractivity contribution >= 4 is 11.9 Å². The quantitative estimate of drug-likeness (QED) is 0.697. The summed E-state index contributed by atoms with van der Waals surface area (Å²) in [5, 5.41) is 0. The van der Waals surface area contributed by atoms with Crippen molar-refractivity contribution in [1.29, 1.82) is 0 Å². The summed E-state index contributed by atoms with van der Waals surface area (Å²) in [7, 11) is 1.23. The van der Waals surface area contributed by atoms with Gasteiger partial charge in [0.15, 0.2) is 24.8 Å². The third-order valence-corrected chi connectivity index (χ3v) is 4.92. The van der Waals surface area contributed by atoms with E-state index in [2.05, 4.69) is 0 Å². The van der Waals surface area contributed by atoms with E-state index in [4.69, 9.17) is 33.2 Å². The molecule has 3 heterocycles. The number of carbonyl (C=O) groups is 2. The van der Waals surface area contributed by atoms with Crippen LogP contribution < -0.4 is 0 Å². The number of ether oxygens (including phenoxy) is 7. The van der Waals surface area contributed by atoms with Gasteiger partial charge in [-0.1, -0.05) is 30.3 Å². The minimum atomic E-state index is -1.67. The Balaban J connectivity index is 1.59. The first-order valence-electron chi connectivity index (χ1n) is 9.00. The van der Waals surface area contributed by atoms with E-state index in [-0.39, 0.29) is 6.61 Å². The Kier molecular flexibility index (Phi) is 5.11. The Morgan fingerprint density at radius 1 is 1.11 bits per heavy atom. The van der Waals surface area contributed by atoms with Gasteiger partial charge in [0.05, 0.1) is 13.7 Å². The zero-order chi connectivity index (χ0) is 19.9. The van der Waals surface area contributed by atoms with Crippen molar-refractivity contribution in [2.45, 2.75) is 56.6 Å². The van der Waals surface area contributed by atoms with Gasteiger partial charge in [-0.25, -0.2) is 4.79 Å². The van der Waals surface area contributed by atoms with E-state index in [1.165, 1.54) is 21.0 Å². The summed E-state index contributed by atoms with van der Waals surface area (Å²) in [6, 6.07) is 9.40. The fourth-order valence-corrected chi connectivity index (χ4v) is 3.66. The summed E-state index contributed by atoms with van der Waals surface area (Å²) in [5.41, 5.74) is 0.827. The van der Waals surface area contributed by atoms with Crippen LogP contribution in [0.4, 0.5) is 0 Å². The molecule has 0 aromatic heterocycles. The van der Waals surface area contributed by atoms with Crippen LogP contribution in [0.15, 0.2) is 30.3 Å². The van der Waals surface area contributed by atoms with E-state index >= 15 is 0 Å². The van der Waals surface area contributed by atoms with E-state index < -0.39 is 54.7 Å². The summed E-state index contributed by atoms with van der Waals surface area (Å²) >= 11 is 0. The lowest BCUT2D eigenvalue weighted by atomic mass is 9.97.